The molecular weight excluding hydrogens is 256 g/mol. The smallest absolute Gasteiger partial charge is 0.123 e. The van der Waals surface area contributed by atoms with Crippen molar-refractivity contribution in [1.29, 1.82) is 0 Å². The van der Waals surface area contributed by atoms with Gasteiger partial charge in [0.1, 0.15) is 5.75 Å². The molecule has 0 saturated carbocycles. The second-order valence-corrected chi connectivity index (χ2v) is 5.79. The summed E-state index contributed by atoms with van der Waals surface area (Å²) in [7, 11) is 0. The summed E-state index contributed by atoms with van der Waals surface area (Å²) in [5.74, 6) is 0.875. The lowest BCUT2D eigenvalue weighted by Gasteiger charge is -2.15. The maximum Gasteiger partial charge on any atom is 0.123 e. The molecule has 2 heterocycles. The summed E-state index contributed by atoms with van der Waals surface area (Å²) in [6.07, 6.45) is -0.545. The van der Waals surface area contributed by atoms with E-state index >= 15 is 0 Å². The molecule has 0 aliphatic carbocycles. The molecule has 1 aliphatic heterocycles. The van der Waals surface area contributed by atoms with E-state index in [4.69, 9.17) is 16.3 Å². The molecule has 17 heavy (non-hydrogen) atoms. The highest BCUT2D eigenvalue weighted by Crippen LogP contribution is 2.43. The van der Waals surface area contributed by atoms with E-state index in [2.05, 4.69) is 0 Å². The molecule has 2 unspecified atom stereocenters. The summed E-state index contributed by atoms with van der Waals surface area (Å²) in [6, 6.07) is 11.5. The summed E-state index contributed by atoms with van der Waals surface area (Å²) in [5, 5.41) is 10.4. The molecule has 88 valence electrons. The predicted molar refractivity (Wildman–Crippen MR) is 69.0 cm³/mol. The van der Waals surface area contributed by atoms with Gasteiger partial charge in [-0.05, 0) is 18.2 Å². The van der Waals surface area contributed by atoms with E-state index in [-0.39, 0.29) is 5.92 Å². The van der Waals surface area contributed by atoms with Crippen LogP contribution in [-0.4, -0.2) is 11.7 Å². The van der Waals surface area contributed by atoms with Crippen molar-refractivity contribution in [3.63, 3.8) is 0 Å². The number of hydrogen-bond acceptors (Lipinski definition) is 3. The monoisotopic (exact) mass is 266 g/mol. The Kier molecular flexibility index (Phi) is 2.82. The lowest BCUT2D eigenvalue weighted by atomic mass is 9.94. The van der Waals surface area contributed by atoms with Crippen LogP contribution >= 0.6 is 22.9 Å². The van der Waals surface area contributed by atoms with E-state index in [0.717, 1.165) is 16.2 Å². The number of benzene rings is 1. The van der Waals surface area contributed by atoms with Gasteiger partial charge in [0.15, 0.2) is 0 Å². The normalized spacial score (nSPS) is 19.8. The topological polar surface area (TPSA) is 29.5 Å². The molecule has 0 spiro atoms. The predicted octanol–water partition coefficient (Wildman–Crippen LogP) is 3.61. The summed E-state index contributed by atoms with van der Waals surface area (Å²) in [6.45, 7) is 0.524. The van der Waals surface area contributed by atoms with Crippen molar-refractivity contribution in [2.45, 2.75) is 12.0 Å². The van der Waals surface area contributed by atoms with Gasteiger partial charge in [-0.25, -0.2) is 0 Å². The first-order valence-corrected chi connectivity index (χ1v) is 6.60. The van der Waals surface area contributed by atoms with E-state index in [1.165, 1.54) is 11.3 Å². The molecule has 0 radical (unpaired) electrons. The fourth-order valence-corrected chi connectivity index (χ4v) is 3.25. The maximum atomic E-state index is 10.4. The van der Waals surface area contributed by atoms with Crippen molar-refractivity contribution in [2.75, 3.05) is 6.61 Å². The number of ether oxygens (including phenoxy) is 1. The van der Waals surface area contributed by atoms with Crippen molar-refractivity contribution in [2.24, 2.45) is 0 Å². The lowest BCUT2D eigenvalue weighted by molar-refractivity contribution is 0.133. The number of halogens is 1. The van der Waals surface area contributed by atoms with E-state index in [0.29, 0.717) is 10.9 Å². The minimum absolute atomic E-state index is 0.000849. The van der Waals surface area contributed by atoms with Gasteiger partial charge in [-0.1, -0.05) is 29.8 Å². The van der Waals surface area contributed by atoms with Crippen LogP contribution < -0.4 is 4.74 Å². The minimum atomic E-state index is -0.545. The zero-order valence-electron chi connectivity index (χ0n) is 8.97. The molecule has 1 aliphatic rings. The Morgan fingerprint density at radius 2 is 2.12 bits per heavy atom. The van der Waals surface area contributed by atoms with E-state index in [1.807, 2.05) is 36.4 Å². The van der Waals surface area contributed by atoms with Gasteiger partial charge in [0.2, 0.25) is 0 Å². The Labute approximate surface area is 108 Å². The molecule has 1 N–H and O–H groups in total. The third kappa shape index (κ3) is 1.95. The first kappa shape index (κ1) is 11.1. The van der Waals surface area contributed by atoms with Gasteiger partial charge >= 0.3 is 0 Å². The Morgan fingerprint density at radius 1 is 1.29 bits per heavy atom. The second kappa shape index (κ2) is 4.33. The number of para-hydroxylation sites is 1. The first-order valence-electron chi connectivity index (χ1n) is 5.41. The summed E-state index contributed by atoms with van der Waals surface area (Å²) in [5.41, 5.74) is 1.07. The summed E-state index contributed by atoms with van der Waals surface area (Å²) >= 11 is 7.30. The average molecular weight is 267 g/mol. The van der Waals surface area contributed by atoms with Gasteiger partial charge in [0, 0.05) is 10.4 Å². The summed E-state index contributed by atoms with van der Waals surface area (Å²) < 4.78 is 6.27. The molecule has 2 aromatic rings. The van der Waals surface area contributed by atoms with Crippen molar-refractivity contribution in [1.82, 2.24) is 0 Å². The zero-order valence-corrected chi connectivity index (χ0v) is 10.5. The fourth-order valence-electron chi connectivity index (χ4n) is 2.13. The quantitative estimate of drug-likeness (QED) is 0.900. The number of aliphatic hydroxyl groups excluding tert-OH is 1. The van der Waals surface area contributed by atoms with Crippen LogP contribution in [-0.2, 0) is 0 Å². The molecule has 0 amide bonds. The van der Waals surface area contributed by atoms with Crippen LogP contribution in [0.3, 0.4) is 0 Å². The van der Waals surface area contributed by atoms with Crippen LogP contribution in [0.4, 0.5) is 0 Å². The molecule has 0 bridgehead atoms. The Morgan fingerprint density at radius 3 is 2.88 bits per heavy atom. The maximum absolute atomic E-state index is 10.4. The van der Waals surface area contributed by atoms with Gasteiger partial charge in [0.05, 0.1) is 23.0 Å². The lowest BCUT2D eigenvalue weighted by Crippen LogP contribution is -2.11. The second-order valence-electron chi connectivity index (χ2n) is 4.04. The molecule has 4 heteroatoms. The number of hydrogen-bond donors (Lipinski definition) is 1. The van der Waals surface area contributed by atoms with E-state index in [9.17, 15) is 5.11 Å². The first-order chi connectivity index (χ1) is 8.25. The standard InChI is InChI=1S/C13H11ClO2S/c14-12-6-5-11(17-12)13(15)9-7-16-10-4-2-1-3-8(9)10/h1-6,9,13,15H,7H2. The Hall–Kier alpha value is -1.03. The van der Waals surface area contributed by atoms with Gasteiger partial charge in [-0.2, -0.15) is 0 Å². The molecule has 2 atom stereocenters. The Bertz CT molecular complexity index is 538. The van der Waals surface area contributed by atoms with Crippen LogP contribution in [0.5, 0.6) is 5.75 Å². The highest BCUT2D eigenvalue weighted by Gasteiger charge is 2.31. The SMILES string of the molecule is OC(c1ccc(Cl)s1)C1COc2ccccc21. The third-order valence-corrected chi connectivity index (χ3v) is 4.31. The molecule has 1 aromatic heterocycles. The van der Waals surface area contributed by atoms with Crippen molar-refractivity contribution >= 4 is 22.9 Å². The number of aliphatic hydroxyl groups is 1. The van der Waals surface area contributed by atoms with Crippen LogP contribution in [0.1, 0.15) is 22.5 Å². The van der Waals surface area contributed by atoms with Crippen molar-refractivity contribution < 1.29 is 9.84 Å². The fraction of sp³-hybridized carbons (Fsp3) is 0.231. The van der Waals surface area contributed by atoms with E-state index < -0.39 is 6.10 Å². The molecule has 3 rings (SSSR count). The van der Waals surface area contributed by atoms with Crippen LogP contribution in [0, 0.1) is 0 Å². The number of thiophene rings is 1. The van der Waals surface area contributed by atoms with Crippen LogP contribution in [0.25, 0.3) is 0 Å². The van der Waals surface area contributed by atoms with E-state index in [1.54, 1.807) is 0 Å². The van der Waals surface area contributed by atoms with Crippen molar-refractivity contribution in [3.05, 3.63) is 51.2 Å². The number of rotatable bonds is 2. The highest BCUT2D eigenvalue weighted by atomic mass is 35.5. The van der Waals surface area contributed by atoms with Crippen LogP contribution in [0.15, 0.2) is 36.4 Å². The number of fused-ring (bicyclic) bond motifs is 1. The molecule has 0 saturated heterocycles. The van der Waals surface area contributed by atoms with Crippen LogP contribution in [0.2, 0.25) is 4.34 Å². The zero-order chi connectivity index (χ0) is 11.8. The van der Waals surface area contributed by atoms with Gasteiger partial charge in [0.25, 0.3) is 0 Å². The van der Waals surface area contributed by atoms with Gasteiger partial charge < -0.3 is 9.84 Å². The summed E-state index contributed by atoms with van der Waals surface area (Å²) in [4.78, 5) is 0.889. The molecule has 1 aromatic carbocycles. The highest BCUT2D eigenvalue weighted by molar-refractivity contribution is 7.16. The Balaban J connectivity index is 1.92. The largest absolute Gasteiger partial charge is 0.493 e. The average Bonchev–Trinajstić information content (AvgIpc) is 2.94. The minimum Gasteiger partial charge on any atom is -0.493 e. The van der Waals surface area contributed by atoms with Crippen molar-refractivity contribution in [3.8, 4) is 5.75 Å². The molecule has 0 fully saturated rings. The van der Waals surface area contributed by atoms with Gasteiger partial charge in [-0.15, -0.1) is 11.3 Å². The third-order valence-electron chi connectivity index (χ3n) is 3.00. The molecule has 2 nitrogen and oxygen atoms in total. The van der Waals surface area contributed by atoms with Gasteiger partial charge in [-0.3, -0.25) is 0 Å². The molecular formula is C13H11ClO2S.